The first-order valence-electron chi connectivity index (χ1n) is 8.52. The van der Waals surface area contributed by atoms with Crippen molar-refractivity contribution in [2.24, 2.45) is 0 Å². The van der Waals surface area contributed by atoms with Crippen molar-refractivity contribution in [1.82, 2.24) is 0 Å². The van der Waals surface area contributed by atoms with Gasteiger partial charge in [-0.1, -0.05) is 44.9 Å². The van der Waals surface area contributed by atoms with Gasteiger partial charge in [0.1, 0.15) is 17.4 Å². The Morgan fingerprint density at radius 3 is 2.14 bits per heavy atom. The first-order valence-corrected chi connectivity index (χ1v) is 11.5. The lowest BCUT2D eigenvalue weighted by Gasteiger charge is -2.17. The summed E-state index contributed by atoms with van der Waals surface area (Å²) >= 11 is 25.7. The number of allylic oxidation sites excluding steroid dienone is 5. The van der Waals surface area contributed by atoms with Crippen LogP contribution in [-0.4, -0.2) is 20.0 Å². The van der Waals surface area contributed by atoms with Gasteiger partial charge in [-0.25, -0.2) is 0 Å². The Morgan fingerprint density at radius 1 is 0.897 bits per heavy atom. The third kappa shape index (κ3) is 5.15. The van der Waals surface area contributed by atoms with Crippen molar-refractivity contribution in [3.63, 3.8) is 0 Å². The second-order valence-corrected chi connectivity index (χ2v) is 9.42. The number of ether oxygens (including phenoxy) is 2. The molecule has 0 saturated carbocycles. The Morgan fingerprint density at radius 2 is 1.55 bits per heavy atom. The fourth-order valence-corrected chi connectivity index (χ4v) is 6.16. The fraction of sp³-hybridized carbons (Fsp3) is 0.0909. The van der Waals surface area contributed by atoms with E-state index in [4.69, 9.17) is 55.9 Å². The minimum absolute atomic E-state index is 0.566. The second-order valence-electron chi connectivity index (χ2n) is 5.97. The van der Waals surface area contributed by atoms with Crippen molar-refractivity contribution in [2.45, 2.75) is 0 Å². The maximum Gasteiger partial charge on any atom is 0.195 e. The number of halogens is 4. The van der Waals surface area contributed by atoms with E-state index in [2.05, 4.69) is 0 Å². The van der Waals surface area contributed by atoms with Crippen LogP contribution < -0.4 is 14.8 Å². The van der Waals surface area contributed by atoms with E-state index in [9.17, 15) is 0 Å². The zero-order valence-electron chi connectivity index (χ0n) is 15.6. The molecule has 0 heterocycles. The molecule has 1 aliphatic carbocycles. The van der Waals surface area contributed by atoms with Crippen LogP contribution >= 0.6 is 53.9 Å². The predicted molar refractivity (Wildman–Crippen MR) is 128 cm³/mol. The molecule has 0 N–H and O–H groups in total. The van der Waals surface area contributed by atoms with Crippen LogP contribution in [0.5, 0.6) is 11.5 Å². The van der Waals surface area contributed by atoms with E-state index in [1.165, 1.54) is 0 Å². The van der Waals surface area contributed by atoms with Crippen LogP contribution in [0.1, 0.15) is 5.56 Å². The Bertz CT molecular complexity index is 1010. The lowest BCUT2D eigenvalue weighted by atomic mass is 10.1. The molecular weight excluding hydrogens is 469 g/mol. The monoisotopic (exact) mass is 484 g/mol. The molecule has 0 fully saturated rings. The SMILES string of the molecule is COc1ccc([P+](C=C2C(Cl)=C[CH-]C=C2Cl)=Cc2c(Cl)cccc2Cl)c(OC)c1. The number of rotatable bonds is 5. The Labute approximate surface area is 191 Å². The van der Waals surface area contributed by atoms with Gasteiger partial charge in [-0.2, -0.15) is 41.8 Å². The minimum Gasteiger partial charge on any atom is -0.497 e. The largest absolute Gasteiger partial charge is 0.497 e. The van der Waals surface area contributed by atoms with Crippen LogP contribution in [0, 0.1) is 6.42 Å². The van der Waals surface area contributed by atoms with E-state index in [1.807, 2.05) is 42.3 Å². The van der Waals surface area contributed by atoms with Gasteiger partial charge in [-0.05, 0) is 24.3 Å². The normalized spacial score (nSPS) is 14.0. The predicted octanol–water partition coefficient (Wildman–Crippen LogP) is 7.32. The van der Waals surface area contributed by atoms with Gasteiger partial charge < -0.3 is 9.47 Å². The first-order chi connectivity index (χ1) is 13.9. The van der Waals surface area contributed by atoms with Gasteiger partial charge >= 0.3 is 0 Å². The molecule has 0 aliphatic heterocycles. The number of hydrogen-bond donors (Lipinski definition) is 0. The van der Waals surface area contributed by atoms with E-state index in [1.54, 1.807) is 38.5 Å². The molecule has 3 rings (SSSR count). The highest BCUT2D eigenvalue weighted by Crippen LogP contribution is 2.40. The topological polar surface area (TPSA) is 18.5 Å². The number of benzene rings is 2. The zero-order valence-corrected chi connectivity index (χ0v) is 19.5. The highest BCUT2D eigenvalue weighted by atomic mass is 35.5. The zero-order chi connectivity index (χ0) is 21.0. The van der Waals surface area contributed by atoms with Crippen molar-refractivity contribution in [3.05, 3.63) is 92.0 Å². The van der Waals surface area contributed by atoms with E-state index in [0.717, 1.165) is 16.4 Å². The van der Waals surface area contributed by atoms with Gasteiger partial charge in [0.2, 0.25) is 0 Å². The highest BCUT2D eigenvalue weighted by molar-refractivity contribution is 7.68. The number of methoxy groups -OCH3 is 2. The molecule has 0 amide bonds. The van der Waals surface area contributed by atoms with E-state index < -0.39 is 7.55 Å². The fourth-order valence-electron chi connectivity index (χ4n) is 2.72. The summed E-state index contributed by atoms with van der Waals surface area (Å²) in [7, 11) is 2.15. The maximum absolute atomic E-state index is 6.43. The van der Waals surface area contributed by atoms with E-state index in [-0.39, 0.29) is 0 Å². The molecule has 1 unspecified atom stereocenters. The van der Waals surface area contributed by atoms with Crippen LogP contribution in [0.25, 0.3) is 0 Å². The summed E-state index contributed by atoms with van der Waals surface area (Å²) in [5.41, 5.74) is 1.50. The second kappa shape index (κ2) is 9.98. The van der Waals surface area contributed by atoms with Gasteiger partial charge in [-0.3, -0.25) is 0 Å². The molecule has 0 saturated heterocycles. The average Bonchev–Trinajstić information content (AvgIpc) is 2.71. The average molecular weight is 486 g/mol. The highest BCUT2D eigenvalue weighted by Gasteiger charge is 2.22. The summed E-state index contributed by atoms with van der Waals surface area (Å²) in [5.74, 6) is 5.45. The van der Waals surface area contributed by atoms with Crippen LogP contribution in [0.2, 0.25) is 10.0 Å². The quantitative estimate of drug-likeness (QED) is 0.326. The first kappa shape index (κ1) is 22.2. The molecule has 0 spiro atoms. The summed E-state index contributed by atoms with van der Waals surface area (Å²) in [5, 5.41) is 3.22. The van der Waals surface area contributed by atoms with Gasteiger partial charge in [0, 0.05) is 6.07 Å². The molecule has 2 aromatic rings. The van der Waals surface area contributed by atoms with Crippen molar-refractivity contribution >= 4 is 65.0 Å². The van der Waals surface area contributed by atoms with Gasteiger partial charge in [0.15, 0.2) is 18.6 Å². The smallest absolute Gasteiger partial charge is 0.195 e. The number of hydrogen-bond acceptors (Lipinski definition) is 2. The summed E-state index contributed by atoms with van der Waals surface area (Å²) in [6.45, 7) is 0. The summed E-state index contributed by atoms with van der Waals surface area (Å²) in [4.78, 5) is 0. The van der Waals surface area contributed by atoms with Crippen molar-refractivity contribution in [2.75, 3.05) is 14.2 Å². The Hall–Kier alpha value is -1.54. The summed E-state index contributed by atoms with van der Waals surface area (Å²) in [6.07, 6.45) is 5.42. The van der Waals surface area contributed by atoms with Gasteiger partial charge in [0.05, 0.1) is 29.8 Å². The van der Waals surface area contributed by atoms with Crippen molar-refractivity contribution < 1.29 is 9.47 Å². The lowest BCUT2D eigenvalue weighted by molar-refractivity contribution is 0.396. The summed E-state index contributed by atoms with van der Waals surface area (Å²) < 4.78 is 11.0. The molecule has 7 heteroatoms. The maximum atomic E-state index is 6.43. The summed E-state index contributed by atoms with van der Waals surface area (Å²) in [6, 6.07) is 11.1. The molecule has 29 heavy (non-hydrogen) atoms. The van der Waals surface area contributed by atoms with Gasteiger partial charge in [-0.15, -0.1) is 0 Å². The molecular formula is C22H17Cl4O2P. The third-order valence-electron chi connectivity index (χ3n) is 4.20. The van der Waals surface area contributed by atoms with Crippen LogP contribution in [0.15, 0.2) is 70.0 Å². The molecule has 0 aromatic heterocycles. The standard InChI is InChI=1S/C22H17Cl4O2P/c1-27-14-9-10-22(21(11-14)28-2)29(12-15-17(23)5-3-6-18(15)24)13-16-19(25)7-4-8-20(16)26/h3-13H,1-2H3. The molecule has 0 radical (unpaired) electrons. The Kier molecular flexibility index (Phi) is 7.62. The molecule has 150 valence electrons. The molecule has 1 atom stereocenters. The van der Waals surface area contributed by atoms with Crippen LogP contribution in [0.3, 0.4) is 0 Å². The molecule has 1 aliphatic rings. The van der Waals surface area contributed by atoms with Crippen molar-refractivity contribution in [1.29, 1.82) is 0 Å². The molecule has 2 nitrogen and oxygen atoms in total. The van der Waals surface area contributed by atoms with Gasteiger partial charge in [0.25, 0.3) is 0 Å². The van der Waals surface area contributed by atoms with Crippen LogP contribution in [-0.2, 0) is 0 Å². The van der Waals surface area contributed by atoms with E-state index in [0.29, 0.717) is 31.6 Å². The minimum atomic E-state index is -1.09. The third-order valence-corrected chi connectivity index (χ3v) is 7.52. The lowest BCUT2D eigenvalue weighted by Crippen LogP contribution is -2.05. The molecule has 2 aromatic carbocycles. The molecule has 0 bridgehead atoms. The van der Waals surface area contributed by atoms with Crippen molar-refractivity contribution in [3.8, 4) is 11.5 Å². The Balaban J connectivity index is 2.26. The van der Waals surface area contributed by atoms with Crippen LogP contribution in [0.4, 0.5) is 0 Å². The van der Waals surface area contributed by atoms with E-state index >= 15 is 0 Å².